The van der Waals surface area contributed by atoms with E-state index in [0.29, 0.717) is 17.5 Å². The lowest BCUT2D eigenvalue weighted by Crippen LogP contribution is -2.44. The standard InChI is InChI=1S/C21H27N2O5P/c1-4-26-29(25,27-5-2)20-16-18-9-8-17(15-19(18)28-21(20)24)7-6-10-23-13-11-22(3)12-14-23/h8-9,15-16H,4-5,10-14H2,1-3H3. The fraction of sp³-hybridized carbons (Fsp3) is 0.476. The van der Waals surface area contributed by atoms with E-state index in [0.717, 1.165) is 31.7 Å². The second-order valence-corrected chi connectivity index (χ2v) is 8.88. The van der Waals surface area contributed by atoms with Crippen LogP contribution in [0, 0.1) is 11.8 Å². The molecule has 156 valence electrons. The summed E-state index contributed by atoms with van der Waals surface area (Å²) in [6, 6.07) is 6.90. The number of rotatable bonds is 6. The molecule has 2 heterocycles. The number of fused-ring (bicyclic) bond motifs is 1. The zero-order valence-corrected chi connectivity index (χ0v) is 18.0. The van der Waals surface area contributed by atoms with Gasteiger partial charge in [-0.3, -0.25) is 9.46 Å². The summed E-state index contributed by atoms with van der Waals surface area (Å²) in [5.41, 5.74) is 0.440. The Bertz CT molecular complexity index is 1010. The molecule has 0 saturated carbocycles. The molecule has 0 unspecified atom stereocenters. The summed E-state index contributed by atoms with van der Waals surface area (Å²) in [6.45, 7) is 8.56. The number of hydrogen-bond donors (Lipinski definition) is 0. The van der Waals surface area contributed by atoms with Gasteiger partial charge < -0.3 is 18.4 Å². The van der Waals surface area contributed by atoms with Crippen molar-refractivity contribution in [1.82, 2.24) is 9.80 Å². The van der Waals surface area contributed by atoms with Crippen molar-refractivity contribution < 1.29 is 18.0 Å². The molecule has 29 heavy (non-hydrogen) atoms. The summed E-state index contributed by atoms with van der Waals surface area (Å²) in [4.78, 5) is 17.1. The van der Waals surface area contributed by atoms with Gasteiger partial charge >= 0.3 is 13.2 Å². The Kier molecular flexibility index (Phi) is 7.28. The molecule has 1 aromatic carbocycles. The van der Waals surface area contributed by atoms with Crippen LogP contribution in [0.15, 0.2) is 33.5 Å². The first kappa shape index (κ1) is 21.8. The average Bonchev–Trinajstić information content (AvgIpc) is 2.69. The highest BCUT2D eigenvalue weighted by molar-refractivity contribution is 7.62. The summed E-state index contributed by atoms with van der Waals surface area (Å²) in [6.07, 6.45) is 0. The minimum atomic E-state index is -3.71. The van der Waals surface area contributed by atoms with Gasteiger partial charge in [-0.25, -0.2) is 4.79 Å². The molecule has 0 bridgehead atoms. The summed E-state index contributed by atoms with van der Waals surface area (Å²) in [5, 5.41) is 0.562. The number of hydrogen-bond acceptors (Lipinski definition) is 7. The van der Waals surface area contributed by atoms with Crippen LogP contribution in [0.1, 0.15) is 19.4 Å². The van der Waals surface area contributed by atoms with Crippen molar-refractivity contribution in [3.8, 4) is 11.8 Å². The zero-order valence-electron chi connectivity index (χ0n) is 17.1. The van der Waals surface area contributed by atoms with Gasteiger partial charge in [0.1, 0.15) is 5.58 Å². The number of benzene rings is 1. The SMILES string of the molecule is CCOP(=O)(OCC)c1cc2ccc(C#CCN3CCN(C)CC3)cc2oc1=O. The summed E-state index contributed by atoms with van der Waals surface area (Å²) in [5.74, 6) is 6.32. The molecule has 1 fully saturated rings. The Balaban J connectivity index is 1.82. The molecule has 0 atom stereocenters. The van der Waals surface area contributed by atoms with E-state index < -0.39 is 13.2 Å². The van der Waals surface area contributed by atoms with Crippen molar-refractivity contribution in [1.29, 1.82) is 0 Å². The van der Waals surface area contributed by atoms with Crippen LogP contribution < -0.4 is 10.9 Å². The van der Waals surface area contributed by atoms with Gasteiger partial charge in [-0.05, 0) is 45.2 Å². The van der Waals surface area contributed by atoms with Crippen LogP contribution in [-0.4, -0.2) is 62.8 Å². The fourth-order valence-corrected chi connectivity index (χ4v) is 4.74. The first-order valence-corrected chi connectivity index (χ1v) is 11.4. The molecule has 0 radical (unpaired) electrons. The van der Waals surface area contributed by atoms with Crippen LogP contribution in [0.3, 0.4) is 0 Å². The first-order chi connectivity index (χ1) is 13.9. The third kappa shape index (κ3) is 5.36. The third-order valence-electron chi connectivity index (χ3n) is 4.74. The lowest BCUT2D eigenvalue weighted by molar-refractivity contribution is 0.168. The molecule has 1 aliphatic heterocycles. The molecule has 0 aliphatic carbocycles. The summed E-state index contributed by atoms with van der Waals surface area (Å²) >= 11 is 0. The van der Waals surface area contributed by atoms with E-state index in [4.69, 9.17) is 13.5 Å². The van der Waals surface area contributed by atoms with Crippen LogP contribution >= 0.6 is 7.60 Å². The number of nitrogens with zero attached hydrogens (tertiary/aromatic N) is 2. The molecular formula is C21H27N2O5P. The maximum Gasteiger partial charge on any atom is 0.368 e. The van der Waals surface area contributed by atoms with E-state index in [1.54, 1.807) is 26.0 Å². The Labute approximate surface area is 171 Å². The average molecular weight is 418 g/mol. The third-order valence-corrected chi connectivity index (χ3v) is 6.84. The molecule has 8 heteroatoms. The van der Waals surface area contributed by atoms with Gasteiger partial charge in [0, 0.05) is 37.1 Å². The molecule has 0 amide bonds. The van der Waals surface area contributed by atoms with Gasteiger partial charge in [-0.2, -0.15) is 0 Å². The van der Waals surface area contributed by atoms with Crippen molar-refractivity contribution in [3.63, 3.8) is 0 Å². The molecule has 7 nitrogen and oxygen atoms in total. The van der Waals surface area contributed by atoms with Crippen molar-refractivity contribution in [2.24, 2.45) is 0 Å². The van der Waals surface area contributed by atoms with Gasteiger partial charge in [-0.15, -0.1) is 0 Å². The van der Waals surface area contributed by atoms with Gasteiger partial charge in [0.25, 0.3) is 0 Å². The van der Waals surface area contributed by atoms with E-state index in [1.807, 2.05) is 6.07 Å². The Hall–Kier alpha value is -1.94. The second kappa shape index (κ2) is 9.71. The highest BCUT2D eigenvalue weighted by atomic mass is 31.2. The van der Waals surface area contributed by atoms with Crippen LogP contribution in [0.4, 0.5) is 0 Å². The monoisotopic (exact) mass is 418 g/mol. The lowest BCUT2D eigenvalue weighted by Gasteiger charge is -2.30. The molecule has 1 saturated heterocycles. The maximum atomic E-state index is 12.9. The van der Waals surface area contributed by atoms with E-state index in [9.17, 15) is 9.36 Å². The molecule has 1 aromatic heterocycles. The van der Waals surface area contributed by atoms with Crippen molar-refractivity contribution >= 4 is 23.9 Å². The predicted molar refractivity (Wildman–Crippen MR) is 114 cm³/mol. The molecule has 1 aliphatic rings. The predicted octanol–water partition coefficient (Wildman–Crippen LogP) is 2.28. The molecule has 0 spiro atoms. The number of piperazine rings is 1. The molecule has 2 aromatic rings. The van der Waals surface area contributed by atoms with Crippen molar-refractivity contribution in [2.75, 3.05) is 53.0 Å². The first-order valence-electron chi connectivity index (χ1n) is 9.82. The van der Waals surface area contributed by atoms with E-state index in [2.05, 4.69) is 28.7 Å². The van der Waals surface area contributed by atoms with E-state index in [1.165, 1.54) is 6.07 Å². The fourth-order valence-electron chi connectivity index (χ4n) is 3.14. The molecule has 3 rings (SSSR count). The quantitative estimate of drug-likeness (QED) is 0.405. The van der Waals surface area contributed by atoms with E-state index >= 15 is 0 Å². The minimum Gasteiger partial charge on any atom is -0.422 e. The molecule has 0 N–H and O–H groups in total. The highest BCUT2D eigenvalue weighted by Crippen LogP contribution is 2.46. The molecular weight excluding hydrogens is 391 g/mol. The number of likely N-dealkylation sites (N-methyl/N-ethyl adjacent to an activating group) is 1. The van der Waals surface area contributed by atoms with Crippen LogP contribution in [0.2, 0.25) is 0 Å². The van der Waals surface area contributed by atoms with Gasteiger partial charge in [0.2, 0.25) is 0 Å². The Morgan fingerprint density at radius 1 is 1.10 bits per heavy atom. The van der Waals surface area contributed by atoms with Gasteiger partial charge in [0.15, 0.2) is 5.30 Å². The maximum absolute atomic E-state index is 12.9. The minimum absolute atomic E-state index is 0.0809. The Morgan fingerprint density at radius 3 is 2.45 bits per heavy atom. The normalized spacial score (nSPS) is 16.0. The largest absolute Gasteiger partial charge is 0.422 e. The van der Waals surface area contributed by atoms with E-state index in [-0.39, 0.29) is 18.5 Å². The van der Waals surface area contributed by atoms with Crippen molar-refractivity contribution in [2.45, 2.75) is 13.8 Å². The summed E-state index contributed by atoms with van der Waals surface area (Å²) in [7, 11) is -1.58. The second-order valence-electron chi connectivity index (χ2n) is 6.89. The van der Waals surface area contributed by atoms with Gasteiger partial charge in [-0.1, -0.05) is 11.8 Å². The topological polar surface area (TPSA) is 72.2 Å². The van der Waals surface area contributed by atoms with Gasteiger partial charge in [0.05, 0.1) is 19.8 Å². The lowest BCUT2D eigenvalue weighted by atomic mass is 10.1. The van der Waals surface area contributed by atoms with Crippen LogP contribution in [0.5, 0.6) is 0 Å². The summed E-state index contributed by atoms with van der Waals surface area (Å²) < 4.78 is 28.9. The Morgan fingerprint density at radius 2 is 1.79 bits per heavy atom. The van der Waals surface area contributed by atoms with Crippen LogP contribution in [-0.2, 0) is 13.6 Å². The van der Waals surface area contributed by atoms with Crippen molar-refractivity contribution in [3.05, 3.63) is 40.2 Å². The van der Waals surface area contributed by atoms with Crippen LogP contribution in [0.25, 0.3) is 11.0 Å². The zero-order chi connectivity index (χ0) is 20.9. The highest BCUT2D eigenvalue weighted by Gasteiger charge is 2.31. The smallest absolute Gasteiger partial charge is 0.368 e.